The van der Waals surface area contributed by atoms with Crippen LogP contribution in [0.1, 0.15) is 0 Å². The molecule has 0 amide bonds. The van der Waals surface area contributed by atoms with Crippen LogP contribution in [0, 0.1) is 0 Å². The van der Waals surface area contributed by atoms with E-state index in [4.69, 9.17) is 4.74 Å². The molecule has 112 valence electrons. The van der Waals surface area contributed by atoms with Gasteiger partial charge in [0.05, 0.1) is 12.6 Å². The zero-order chi connectivity index (χ0) is 15.6. The fourth-order valence-electron chi connectivity index (χ4n) is 2.98. The largest absolute Gasteiger partial charge is 0.497 e. The minimum Gasteiger partial charge on any atom is -0.497 e. The molecule has 0 bridgehead atoms. The van der Waals surface area contributed by atoms with E-state index >= 15 is 0 Å². The zero-order valence-corrected chi connectivity index (χ0v) is 12.9. The molecule has 0 fully saturated rings. The van der Waals surface area contributed by atoms with E-state index in [1.165, 1.54) is 22.0 Å². The first-order chi connectivity index (χ1) is 11.4. The van der Waals surface area contributed by atoms with E-state index in [2.05, 4.69) is 71.4 Å². The van der Waals surface area contributed by atoms with Gasteiger partial charge >= 0.3 is 0 Å². The highest BCUT2D eigenvalue weighted by Crippen LogP contribution is 2.32. The second-order valence-corrected chi connectivity index (χ2v) is 5.49. The lowest BCUT2D eigenvalue weighted by Gasteiger charge is -2.06. The van der Waals surface area contributed by atoms with Gasteiger partial charge in [-0.05, 0) is 35.9 Å². The van der Waals surface area contributed by atoms with E-state index in [0.29, 0.717) is 0 Å². The van der Waals surface area contributed by atoms with Gasteiger partial charge in [0.25, 0.3) is 0 Å². The Morgan fingerprint density at radius 3 is 2.17 bits per heavy atom. The van der Waals surface area contributed by atoms with Crippen LogP contribution in [0.5, 0.6) is 5.75 Å². The minimum absolute atomic E-state index is 0.869. The SMILES string of the molecule is COc1ccc(-n2cc(-c3ccccc3)c3ccccc32)cc1. The molecule has 0 spiro atoms. The Labute approximate surface area is 135 Å². The number of hydrogen-bond donors (Lipinski definition) is 0. The number of benzene rings is 3. The Bertz CT molecular complexity index is 937. The van der Waals surface area contributed by atoms with Crippen molar-refractivity contribution in [1.29, 1.82) is 0 Å². The van der Waals surface area contributed by atoms with Crippen LogP contribution in [0.4, 0.5) is 0 Å². The molecule has 0 unspecified atom stereocenters. The van der Waals surface area contributed by atoms with E-state index in [0.717, 1.165) is 11.4 Å². The molecule has 3 aromatic carbocycles. The Hall–Kier alpha value is -3.00. The second-order valence-electron chi connectivity index (χ2n) is 5.49. The molecule has 0 aliphatic heterocycles. The summed E-state index contributed by atoms with van der Waals surface area (Å²) >= 11 is 0. The second kappa shape index (κ2) is 5.65. The fraction of sp³-hybridized carbons (Fsp3) is 0.0476. The summed E-state index contributed by atoms with van der Waals surface area (Å²) in [6, 6.07) is 27.2. The van der Waals surface area contributed by atoms with E-state index in [9.17, 15) is 0 Å². The number of ether oxygens (including phenoxy) is 1. The molecule has 2 heteroatoms. The molecule has 0 radical (unpaired) electrons. The van der Waals surface area contributed by atoms with Gasteiger partial charge in [-0.25, -0.2) is 0 Å². The number of methoxy groups -OCH3 is 1. The number of aromatic nitrogens is 1. The number of rotatable bonds is 3. The van der Waals surface area contributed by atoms with Crippen molar-refractivity contribution in [3.63, 3.8) is 0 Å². The van der Waals surface area contributed by atoms with Crippen LogP contribution >= 0.6 is 0 Å². The van der Waals surface area contributed by atoms with Crippen molar-refractivity contribution in [1.82, 2.24) is 4.57 Å². The normalized spacial score (nSPS) is 10.8. The molecule has 0 N–H and O–H groups in total. The number of para-hydroxylation sites is 1. The zero-order valence-electron chi connectivity index (χ0n) is 12.9. The van der Waals surface area contributed by atoms with Crippen molar-refractivity contribution in [2.75, 3.05) is 7.11 Å². The number of nitrogens with zero attached hydrogens (tertiary/aromatic N) is 1. The third-order valence-corrected chi connectivity index (χ3v) is 4.15. The predicted molar refractivity (Wildman–Crippen MR) is 95.3 cm³/mol. The van der Waals surface area contributed by atoms with Crippen molar-refractivity contribution >= 4 is 10.9 Å². The molecular weight excluding hydrogens is 282 g/mol. The molecule has 0 saturated carbocycles. The Morgan fingerprint density at radius 2 is 1.43 bits per heavy atom. The maximum atomic E-state index is 5.26. The minimum atomic E-state index is 0.869. The third kappa shape index (κ3) is 2.38. The summed E-state index contributed by atoms with van der Waals surface area (Å²) in [5.41, 5.74) is 4.81. The molecular formula is C21H17NO. The first-order valence-electron chi connectivity index (χ1n) is 7.67. The van der Waals surface area contributed by atoms with Crippen molar-refractivity contribution in [3.05, 3.63) is 85.1 Å². The Morgan fingerprint density at radius 1 is 0.739 bits per heavy atom. The van der Waals surface area contributed by atoms with Crippen LogP contribution in [0.3, 0.4) is 0 Å². The Kier molecular flexibility index (Phi) is 3.35. The quantitative estimate of drug-likeness (QED) is 0.500. The molecule has 0 aliphatic carbocycles. The molecule has 1 heterocycles. The van der Waals surface area contributed by atoms with Crippen LogP contribution < -0.4 is 4.74 Å². The Balaban J connectivity index is 1.93. The summed E-state index contributed by atoms with van der Waals surface area (Å²) in [6.45, 7) is 0. The summed E-state index contributed by atoms with van der Waals surface area (Å²) in [4.78, 5) is 0. The van der Waals surface area contributed by atoms with Crippen molar-refractivity contribution < 1.29 is 4.74 Å². The van der Waals surface area contributed by atoms with E-state index in [1.807, 2.05) is 18.2 Å². The van der Waals surface area contributed by atoms with Crippen molar-refractivity contribution in [3.8, 4) is 22.6 Å². The fourth-order valence-corrected chi connectivity index (χ4v) is 2.98. The van der Waals surface area contributed by atoms with E-state index in [-0.39, 0.29) is 0 Å². The number of hydrogen-bond acceptors (Lipinski definition) is 1. The summed E-state index contributed by atoms with van der Waals surface area (Å²) in [5.74, 6) is 0.869. The summed E-state index contributed by atoms with van der Waals surface area (Å²) < 4.78 is 7.49. The summed E-state index contributed by atoms with van der Waals surface area (Å²) in [7, 11) is 1.69. The first kappa shape index (κ1) is 13.6. The van der Waals surface area contributed by atoms with Crippen molar-refractivity contribution in [2.24, 2.45) is 0 Å². The van der Waals surface area contributed by atoms with E-state index < -0.39 is 0 Å². The molecule has 23 heavy (non-hydrogen) atoms. The number of fused-ring (bicyclic) bond motifs is 1. The van der Waals surface area contributed by atoms with Gasteiger partial charge in [-0.1, -0.05) is 48.5 Å². The average molecular weight is 299 g/mol. The van der Waals surface area contributed by atoms with Gasteiger partial charge in [-0.3, -0.25) is 0 Å². The average Bonchev–Trinajstić information content (AvgIpc) is 3.02. The highest BCUT2D eigenvalue weighted by Gasteiger charge is 2.10. The molecule has 0 aliphatic rings. The topological polar surface area (TPSA) is 14.2 Å². The monoisotopic (exact) mass is 299 g/mol. The van der Waals surface area contributed by atoms with Gasteiger partial charge in [0, 0.05) is 22.8 Å². The molecule has 4 aromatic rings. The lowest BCUT2D eigenvalue weighted by Crippen LogP contribution is -1.91. The summed E-state index contributed by atoms with van der Waals surface area (Å²) in [5, 5.41) is 1.26. The van der Waals surface area contributed by atoms with Gasteiger partial charge in [0.2, 0.25) is 0 Å². The lowest BCUT2D eigenvalue weighted by molar-refractivity contribution is 0.415. The van der Waals surface area contributed by atoms with Crippen LogP contribution in [0.25, 0.3) is 27.7 Å². The molecule has 2 nitrogen and oxygen atoms in total. The maximum absolute atomic E-state index is 5.26. The molecule has 1 aromatic heterocycles. The van der Waals surface area contributed by atoms with Crippen LogP contribution in [-0.4, -0.2) is 11.7 Å². The van der Waals surface area contributed by atoms with Crippen LogP contribution in [0.15, 0.2) is 85.1 Å². The maximum Gasteiger partial charge on any atom is 0.119 e. The standard InChI is InChI=1S/C21H17NO/c1-23-18-13-11-17(12-14-18)22-15-20(16-7-3-2-4-8-16)19-9-5-6-10-21(19)22/h2-15H,1H3. The van der Waals surface area contributed by atoms with Crippen LogP contribution in [0.2, 0.25) is 0 Å². The highest BCUT2D eigenvalue weighted by atomic mass is 16.5. The smallest absolute Gasteiger partial charge is 0.119 e. The lowest BCUT2D eigenvalue weighted by atomic mass is 10.1. The summed E-state index contributed by atoms with van der Waals surface area (Å²) in [6.07, 6.45) is 2.21. The van der Waals surface area contributed by atoms with Crippen molar-refractivity contribution in [2.45, 2.75) is 0 Å². The molecule has 0 atom stereocenters. The first-order valence-corrected chi connectivity index (χ1v) is 7.67. The van der Waals surface area contributed by atoms with Gasteiger partial charge in [-0.2, -0.15) is 0 Å². The highest BCUT2D eigenvalue weighted by molar-refractivity contribution is 5.97. The van der Waals surface area contributed by atoms with Gasteiger partial charge in [0.15, 0.2) is 0 Å². The predicted octanol–water partition coefficient (Wildman–Crippen LogP) is 5.31. The van der Waals surface area contributed by atoms with Crippen LogP contribution in [-0.2, 0) is 0 Å². The molecule has 0 saturated heterocycles. The molecule has 4 rings (SSSR count). The van der Waals surface area contributed by atoms with Gasteiger partial charge in [0.1, 0.15) is 5.75 Å². The third-order valence-electron chi connectivity index (χ3n) is 4.15. The van der Waals surface area contributed by atoms with Gasteiger partial charge in [-0.15, -0.1) is 0 Å². The van der Waals surface area contributed by atoms with E-state index in [1.54, 1.807) is 7.11 Å². The van der Waals surface area contributed by atoms with Gasteiger partial charge < -0.3 is 9.30 Å².